The van der Waals surface area contributed by atoms with Crippen LogP contribution in [0.1, 0.15) is 34.6 Å². The largest absolute Gasteiger partial charge is 0.477 e. The van der Waals surface area contributed by atoms with E-state index < -0.39 is 21.1 Å². The lowest BCUT2D eigenvalue weighted by atomic mass is 10.1. The molecule has 0 amide bonds. The van der Waals surface area contributed by atoms with Crippen molar-refractivity contribution in [3.8, 4) is 0 Å². The van der Waals surface area contributed by atoms with Crippen molar-refractivity contribution < 1.29 is 18.3 Å². The number of thiophene rings is 1. The summed E-state index contributed by atoms with van der Waals surface area (Å²) < 4.78 is 23.4. The van der Waals surface area contributed by atoms with Crippen molar-refractivity contribution >= 4 is 38.7 Å². The SMILES string of the molecule is CC(C)S(=O)(=O)c1csc(C(=O)O)c1Cl.NC1Cc2ccccc2C1. The predicted molar refractivity (Wildman–Crippen MR) is 100 cm³/mol. The Balaban J connectivity index is 0.000000194. The second kappa shape index (κ2) is 7.86. The predicted octanol–water partition coefficient (Wildman–Crippen LogP) is 3.39. The summed E-state index contributed by atoms with van der Waals surface area (Å²) in [5.41, 5.74) is 8.66. The minimum atomic E-state index is -3.51. The van der Waals surface area contributed by atoms with Crippen molar-refractivity contribution in [3.05, 3.63) is 50.7 Å². The van der Waals surface area contributed by atoms with Gasteiger partial charge in [-0.1, -0.05) is 35.9 Å². The molecule has 0 fully saturated rings. The molecule has 1 aliphatic carbocycles. The highest BCUT2D eigenvalue weighted by atomic mass is 35.5. The third kappa shape index (κ3) is 4.41. The first-order chi connectivity index (χ1) is 11.6. The van der Waals surface area contributed by atoms with Gasteiger partial charge in [-0.2, -0.15) is 0 Å². The zero-order valence-electron chi connectivity index (χ0n) is 13.9. The van der Waals surface area contributed by atoms with Gasteiger partial charge in [0.1, 0.15) is 4.88 Å². The lowest BCUT2D eigenvalue weighted by molar-refractivity contribution is 0.0702. The number of carboxylic acids is 1. The molecule has 3 N–H and O–H groups in total. The summed E-state index contributed by atoms with van der Waals surface area (Å²) in [5.74, 6) is -1.21. The van der Waals surface area contributed by atoms with E-state index in [1.807, 2.05) is 0 Å². The van der Waals surface area contributed by atoms with Crippen LogP contribution < -0.4 is 5.73 Å². The van der Waals surface area contributed by atoms with Crippen LogP contribution in [0.2, 0.25) is 5.02 Å². The number of sulfone groups is 1. The van der Waals surface area contributed by atoms with E-state index in [0.717, 1.165) is 24.2 Å². The topological polar surface area (TPSA) is 97.5 Å². The molecular formula is C17H20ClNO4S2. The van der Waals surface area contributed by atoms with E-state index in [0.29, 0.717) is 6.04 Å². The van der Waals surface area contributed by atoms with Gasteiger partial charge in [-0.3, -0.25) is 0 Å². The monoisotopic (exact) mass is 401 g/mol. The van der Waals surface area contributed by atoms with E-state index in [2.05, 4.69) is 24.3 Å². The van der Waals surface area contributed by atoms with Crippen LogP contribution in [0.4, 0.5) is 0 Å². The van der Waals surface area contributed by atoms with Crippen LogP contribution in [0.3, 0.4) is 0 Å². The third-order valence-electron chi connectivity index (χ3n) is 3.90. The van der Waals surface area contributed by atoms with Crippen LogP contribution in [-0.4, -0.2) is 30.8 Å². The van der Waals surface area contributed by atoms with Gasteiger partial charge < -0.3 is 10.8 Å². The van der Waals surface area contributed by atoms with Crippen LogP contribution in [0.15, 0.2) is 34.5 Å². The summed E-state index contributed by atoms with van der Waals surface area (Å²) >= 11 is 6.52. The molecule has 0 bridgehead atoms. The van der Waals surface area contributed by atoms with E-state index in [9.17, 15) is 13.2 Å². The Morgan fingerprint density at radius 2 is 1.80 bits per heavy atom. The average molecular weight is 402 g/mol. The number of hydrogen-bond acceptors (Lipinski definition) is 5. The maximum absolute atomic E-state index is 11.7. The molecule has 1 heterocycles. The summed E-state index contributed by atoms with van der Waals surface area (Å²) in [6.07, 6.45) is 2.13. The maximum atomic E-state index is 11.7. The Bertz CT molecular complexity index is 850. The summed E-state index contributed by atoms with van der Waals surface area (Å²) in [5, 5.41) is 9.17. The van der Waals surface area contributed by atoms with Gasteiger partial charge in [0, 0.05) is 11.4 Å². The second-order valence-corrected chi connectivity index (χ2v) is 9.81. The zero-order valence-corrected chi connectivity index (χ0v) is 16.3. The Morgan fingerprint density at radius 3 is 2.20 bits per heavy atom. The molecule has 1 aliphatic rings. The maximum Gasteiger partial charge on any atom is 0.347 e. The van der Waals surface area contributed by atoms with Crippen LogP contribution in [0, 0.1) is 0 Å². The van der Waals surface area contributed by atoms with Gasteiger partial charge in [0.25, 0.3) is 0 Å². The molecular weight excluding hydrogens is 382 g/mol. The third-order valence-corrected chi connectivity index (χ3v) is 7.81. The van der Waals surface area contributed by atoms with Crippen LogP contribution in [-0.2, 0) is 22.7 Å². The molecule has 0 saturated heterocycles. The summed E-state index contributed by atoms with van der Waals surface area (Å²) in [7, 11) is -3.51. The number of halogens is 1. The van der Waals surface area contributed by atoms with Gasteiger partial charge in [-0.25, -0.2) is 13.2 Å². The number of rotatable bonds is 3. The smallest absolute Gasteiger partial charge is 0.347 e. The Kier molecular flexibility index (Phi) is 6.26. The zero-order chi connectivity index (χ0) is 18.8. The number of carboxylic acid groups (broad SMARTS) is 1. The van der Waals surface area contributed by atoms with Crippen molar-refractivity contribution in [1.29, 1.82) is 0 Å². The van der Waals surface area contributed by atoms with E-state index in [1.54, 1.807) is 0 Å². The van der Waals surface area contributed by atoms with Crippen molar-refractivity contribution in [2.45, 2.75) is 42.9 Å². The number of benzene rings is 1. The number of carbonyl (C=O) groups is 1. The molecule has 0 unspecified atom stereocenters. The summed E-state index contributed by atoms with van der Waals surface area (Å²) in [6, 6.07) is 8.87. The van der Waals surface area contributed by atoms with Crippen molar-refractivity contribution in [1.82, 2.24) is 0 Å². The van der Waals surface area contributed by atoms with Gasteiger partial charge in [-0.05, 0) is 37.8 Å². The van der Waals surface area contributed by atoms with Gasteiger partial charge in [-0.15, -0.1) is 11.3 Å². The molecule has 136 valence electrons. The molecule has 0 radical (unpaired) electrons. The van der Waals surface area contributed by atoms with Crippen molar-refractivity contribution in [3.63, 3.8) is 0 Å². The average Bonchev–Trinajstić information content (AvgIpc) is 3.09. The highest BCUT2D eigenvalue weighted by Gasteiger charge is 2.27. The molecule has 3 rings (SSSR count). The van der Waals surface area contributed by atoms with E-state index in [-0.39, 0.29) is 14.8 Å². The number of hydrogen-bond donors (Lipinski definition) is 2. The Labute approximate surface area is 156 Å². The fourth-order valence-corrected chi connectivity index (χ4v) is 5.43. The first-order valence-electron chi connectivity index (χ1n) is 7.71. The fraction of sp³-hybridized carbons (Fsp3) is 0.353. The van der Waals surface area contributed by atoms with Crippen LogP contribution in [0.25, 0.3) is 0 Å². The molecule has 5 nitrogen and oxygen atoms in total. The van der Waals surface area contributed by atoms with E-state index in [1.165, 1.54) is 30.4 Å². The normalized spacial score (nSPS) is 14.1. The summed E-state index contributed by atoms with van der Waals surface area (Å²) in [6.45, 7) is 3.04. The fourth-order valence-electron chi connectivity index (χ4n) is 2.51. The highest BCUT2D eigenvalue weighted by molar-refractivity contribution is 7.92. The van der Waals surface area contributed by atoms with Crippen LogP contribution >= 0.6 is 22.9 Å². The highest BCUT2D eigenvalue weighted by Crippen LogP contribution is 2.33. The number of aromatic carboxylic acids is 1. The minimum absolute atomic E-state index is 0.0958. The minimum Gasteiger partial charge on any atom is -0.477 e. The molecule has 0 spiro atoms. The molecule has 0 aliphatic heterocycles. The molecule has 8 heteroatoms. The lowest BCUT2D eigenvalue weighted by Crippen LogP contribution is -2.18. The van der Waals surface area contributed by atoms with Gasteiger partial charge in [0.05, 0.1) is 15.2 Å². The Morgan fingerprint density at radius 1 is 1.28 bits per heavy atom. The number of fused-ring (bicyclic) bond motifs is 1. The Hall–Kier alpha value is -1.41. The molecule has 2 aromatic rings. The van der Waals surface area contributed by atoms with Crippen molar-refractivity contribution in [2.24, 2.45) is 5.73 Å². The quantitative estimate of drug-likeness (QED) is 0.821. The molecule has 1 aromatic carbocycles. The molecule has 25 heavy (non-hydrogen) atoms. The van der Waals surface area contributed by atoms with Crippen LogP contribution in [0.5, 0.6) is 0 Å². The second-order valence-electron chi connectivity index (χ2n) is 6.08. The standard InChI is InChI=1S/C9H11N.C8H9ClO4S2/c10-9-5-7-3-1-2-4-8(7)6-9;1-4(2)15(12,13)5-3-14-7(6(5)9)8(10)11/h1-4,9H,5-6,10H2;3-4H,1-2H3,(H,10,11). The van der Waals surface area contributed by atoms with Gasteiger partial charge in [0.2, 0.25) is 0 Å². The molecule has 0 saturated carbocycles. The van der Waals surface area contributed by atoms with Gasteiger partial charge in [0.15, 0.2) is 9.84 Å². The van der Waals surface area contributed by atoms with Crippen molar-refractivity contribution in [2.75, 3.05) is 0 Å². The van der Waals surface area contributed by atoms with E-state index in [4.69, 9.17) is 22.4 Å². The van der Waals surface area contributed by atoms with E-state index >= 15 is 0 Å². The lowest BCUT2D eigenvalue weighted by Gasteiger charge is -2.05. The molecule has 1 aromatic heterocycles. The first kappa shape index (κ1) is 19.9. The summed E-state index contributed by atoms with van der Waals surface area (Å²) in [4.78, 5) is 10.4. The molecule has 0 atom stereocenters. The first-order valence-corrected chi connectivity index (χ1v) is 10.5. The van der Waals surface area contributed by atoms with Gasteiger partial charge >= 0.3 is 5.97 Å². The number of nitrogens with two attached hydrogens (primary N) is 1.